The molecule has 1 aromatic carbocycles. The van der Waals surface area contributed by atoms with Gasteiger partial charge in [-0.2, -0.15) is 18.3 Å². The van der Waals surface area contributed by atoms with Gasteiger partial charge in [0.05, 0.1) is 11.1 Å². The molecular weight excluding hydrogens is 319 g/mol. The second kappa shape index (κ2) is 6.67. The van der Waals surface area contributed by atoms with E-state index < -0.39 is 17.6 Å². The van der Waals surface area contributed by atoms with E-state index in [-0.39, 0.29) is 5.56 Å². The highest BCUT2D eigenvalue weighted by Crippen LogP contribution is 2.33. The maximum Gasteiger partial charge on any atom is 0.417 e. The molecule has 0 bridgehead atoms. The quantitative estimate of drug-likeness (QED) is 0.860. The Bertz CT molecular complexity index is 689. The molecule has 0 spiro atoms. The van der Waals surface area contributed by atoms with Crippen molar-refractivity contribution in [1.29, 1.82) is 0 Å². The van der Waals surface area contributed by atoms with E-state index in [1.807, 2.05) is 16.9 Å². The number of rotatable bonds is 3. The fourth-order valence-corrected chi connectivity index (χ4v) is 3.08. The lowest BCUT2D eigenvalue weighted by molar-refractivity contribution is -0.138. The van der Waals surface area contributed by atoms with Gasteiger partial charge in [0, 0.05) is 32.0 Å². The monoisotopic (exact) mass is 337 g/mol. The summed E-state index contributed by atoms with van der Waals surface area (Å²) in [6.07, 6.45) is 0.605. The first-order chi connectivity index (χ1) is 11.4. The van der Waals surface area contributed by atoms with Crippen molar-refractivity contribution in [2.45, 2.75) is 25.6 Å². The molecule has 0 aliphatic carbocycles. The van der Waals surface area contributed by atoms with Crippen molar-refractivity contribution >= 4 is 5.91 Å². The van der Waals surface area contributed by atoms with Gasteiger partial charge in [-0.3, -0.25) is 9.48 Å². The molecule has 0 N–H and O–H groups in total. The van der Waals surface area contributed by atoms with Gasteiger partial charge < -0.3 is 4.90 Å². The Balaban J connectivity index is 1.66. The zero-order valence-corrected chi connectivity index (χ0v) is 13.0. The number of nitrogens with zero attached hydrogens (tertiary/aromatic N) is 3. The standard InChI is InChI=1S/C17H18F3N3O/c18-17(19,20)15-5-2-1-4-14(15)16(24)22-10-6-13(7-11-22)12-23-9-3-8-21-23/h1-5,8-9,13H,6-7,10-12H2. The van der Waals surface area contributed by atoms with Crippen LogP contribution in [-0.4, -0.2) is 33.7 Å². The smallest absolute Gasteiger partial charge is 0.339 e. The van der Waals surface area contributed by atoms with Gasteiger partial charge in [-0.1, -0.05) is 12.1 Å². The number of hydrogen-bond acceptors (Lipinski definition) is 2. The van der Waals surface area contributed by atoms with Gasteiger partial charge in [-0.15, -0.1) is 0 Å². The molecular formula is C17H18F3N3O. The van der Waals surface area contributed by atoms with Gasteiger partial charge in [0.2, 0.25) is 0 Å². The Morgan fingerprint density at radius 1 is 1.17 bits per heavy atom. The van der Waals surface area contributed by atoms with Crippen LogP contribution in [-0.2, 0) is 12.7 Å². The molecule has 2 heterocycles. The molecule has 0 atom stereocenters. The molecule has 1 saturated heterocycles. The van der Waals surface area contributed by atoms with Crippen LogP contribution in [0, 0.1) is 5.92 Å². The SMILES string of the molecule is O=C(c1ccccc1C(F)(F)F)N1CCC(Cn2cccn2)CC1. The van der Waals surface area contributed by atoms with E-state index in [2.05, 4.69) is 5.10 Å². The van der Waals surface area contributed by atoms with Crippen LogP contribution >= 0.6 is 0 Å². The summed E-state index contributed by atoms with van der Waals surface area (Å²) in [5, 5.41) is 4.16. The number of carbonyl (C=O) groups is 1. The first-order valence-corrected chi connectivity index (χ1v) is 7.88. The topological polar surface area (TPSA) is 38.1 Å². The van der Waals surface area contributed by atoms with Crippen molar-refractivity contribution in [2.24, 2.45) is 5.92 Å². The molecule has 1 fully saturated rings. The van der Waals surface area contributed by atoms with Crippen LogP contribution in [0.4, 0.5) is 13.2 Å². The largest absolute Gasteiger partial charge is 0.417 e. The average Bonchev–Trinajstić information content (AvgIpc) is 3.07. The van der Waals surface area contributed by atoms with Crippen LogP contribution in [0.5, 0.6) is 0 Å². The number of alkyl halides is 3. The zero-order valence-electron chi connectivity index (χ0n) is 13.0. The number of aromatic nitrogens is 2. The van der Waals surface area contributed by atoms with Gasteiger partial charge in [-0.25, -0.2) is 0 Å². The number of hydrogen-bond donors (Lipinski definition) is 0. The Hall–Kier alpha value is -2.31. The van der Waals surface area contributed by atoms with E-state index in [0.717, 1.165) is 25.5 Å². The summed E-state index contributed by atoms with van der Waals surface area (Å²) >= 11 is 0. The average molecular weight is 337 g/mol. The first-order valence-electron chi connectivity index (χ1n) is 7.88. The molecule has 0 unspecified atom stereocenters. The first kappa shape index (κ1) is 16.5. The van der Waals surface area contributed by atoms with E-state index in [1.165, 1.54) is 23.1 Å². The molecule has 128 valence electrons. The van der Waals surface area contributed by atoms with Gasteiger partial charge in [0.1, 0.15) is 0 Å². The molecule has 1 aromatic heterocycles. The van der Waals surface area contributed by atoms with E-state index in [4.69, 9.17) is 0 Å². The third-order valence-electron chi connectivity index (χ3n) is 4.37. The van der Waals surface area contributed by atoms with Crippen molar-refractivity contribution in [2.75, 3.05) is 13.1 Å². The van der Waals surface area contributed by atoms with Crippen LogP contribution in [0.1, 0.15) is 28.8 Å². The van der Waals surface area contributed by atoms with Crippen LogP contribution in [0.2, 0.25) is 0 Å². The molecule has 0 saturated carbocycles. The van der Waals surface area contributed by atoms with Crippen LogP contribution < -0.4 is 0 Å². The summed E-state index contributed by atoms with van der Waals surface area (Å²) < 4.78 is 41.1. The Labute approximate surface area is 137 Å². The number of amides is 1. The maximum absolute atomic E-state index is 13.1. The van der Waals surface area contributed by atoms with E-state index >= 15 is 0 Å². The van der Waals surface area contributed by atoms with Crippen molar-refractivity contribution in [3.63, 3.8) is 0 Å². The molecule has 4 nitrogen and oxygen atoms in total. The maximum atomic E-state index is 13.1. The molecule has 1 aliphatic heterocycles. The summed E-state index contributed by atoms with van der Waals surface area (Å²) in [7, 11) is 0. The predicted octanol–water partition coefficient (Wildman–Crippen LogP) is 3.45. The minimum atomic E-state index is -4.52. The predicted molar refractivity (Wildman–Crippen MR) is 82.3 cm³/mol. The minimum Gasteiger partial charge on any atom is -0.339 e. The Morgan fingerprint density at radius 2 is 1.88 bits per heavy atom. The van der Waals surface area contributed by atoms with Crippen molar-refractivity contribution in [1.82, 2.24) is 14.7 Å². The van der Waals surface area contributed by atoms with Crippen LogP contribution in [0.25, 0.3) is 0 Å². The lowest BCUT2D eigenvalue weighted by Gasteiger charge is -2.32. The van der Waals surface area contributed by atoms with Crippen molar-refractivity contribution < 1.29 is 18.0 Å². The molecule has 3 rings (SSSR count). The number of halogens is 3. The number of benzene rings is 1. The summed E-state index contributed by atoms with van der Waals surface area (Å²) in [4.78, 5) is 14.0. The van der Waals surface area contributed by atoms with E-state index in [0.29, 0.717) is 19.0 Å². The van der Waals surface area contributed by atoms with Crippen LogP contribution in [0.15, 0.2) is 42.7 Å². The molecule has 7 heteroatoms. The summed E-state index contributed by atoms with van der Waals surface area (Å²) in [6, 6.07) is 6.83. The van der Waals surface area contributed by atoms with E-state index in [1.54, 1.807) is 6.20 Å². The third kappa shape index (κ3) is 3.60. The summed E-state index contributed by atoms with van der Waals surface area (Å²) in [5.74, 6) is -0.160. The summed E-state index contributed by atoms with van der Waals surface area (Å²) in [5.41, 5.74) is -1.14. The van der Waals surface area contributed by atoms with Crippen LogP contribution in [0.3, 0.4) is 0 Å². The normalized spacial score (nSPS) is 16.4. The van der Waals surface area contributed by atoms with Crippen molar-refractivity contribution in [3.8, 4) is 0 Å². The second-order valence-corrected chi connectivity index (χ2v) is 6.01. The Kier molecular flexibility index (Phi) is 4.59. The molecule has 1 amide bonds. The number of carbonyl (C=O) groups excluding carboxylic acids is 1. The summed E-state index contributed by atoms with van der Waals surface area (Å²) in [6.45, 7) is 1.71. The lowest BCUT2D eigenvalue weighted by Crippen LogP contribution is -2.40. The molecule has 24 heavy (non-hydrogen) atoms. The fourth-order valence-electron chi connectivity index (χ4n) is 3.08. The lowest BCUT2D eigenvalue weighted by atomic mass is 9.95. The number of likely N-dealkylation sites (tertiary alicyclic amines) is 1. The van der Waals surface area contributed by atoms with Gasteiger partial charge in [0.25, 0.3) is 5.91 Å². The fraction of sp³-hybridized carbons (Fsp3) is 0.412. The number of piperidine rings is 1. The Morgan fingerprint density at radius 3 is 2.50 bits per heavy atom. The van der Waals surface area contributed by atoms with E-state index in [9.17, 15) is 18.0 Å². The highest BCUT2D eigenvalue weighted by molar-refractivity contribution is 5.96. The molecule has 1 aliphatic rings. The minimum absolute atomic E-state index is 0.268. The highest BCUT2D eigenvalue weighted by atomic mass is 19.4. The molecule has 2 aromatic rings. The van der Waals surface area contributed by atoms with Gasteiger partial charge in [0.15, 0.2) is 0 Å². The van der Waals surface area contributed by atoms with Crippen molar-refractivity contribution in [3.05, 3.63) is 53.9 Å². The highest BCUT2D eigenvalue weighted by Gasteiger charge is 2.36. The van der Waals surface area contributed by atoms with Gasteiger partial charge in [-0.05, 0) is 37.0 Å². The van der Waals surface area contributed by atoms with Gasteiger partial charge >= 0.3 is 6.18 Å². The second-order valence-electron chi connectivity index (χ2n) is 6.01. The third-order valence-corrected chi connectivity index (χ3v) is 4.37. The zero-order chi connectivity index (χ0) is 17.2. The molecule has 0 radical (unpaired) electrons.